The molecule has 2 rings (SSSR count). The first kappa shape index (κ1) is 10.1. The van der Waals surface area contributed by atoms with E-state index in [0.29, 0.717) is 12.0 Å². The Morgan fingerprint density at radius 1 is 1.50 bits per heavy atom. The third-order valence-corrected chi connectivity index (χ3v) is 2.64. The van der Waals surface area contributed by atoms with Crippen molar-refractivity contribution < 1.29 is 0 Å². The summed E-state index contributed by atoms with van der Waals surface area (Å²) < 4.78 is 0. The summed E-state index contributed by atoms with van der Waals surface area (Å²) in [5.74, 6) is 2.52. The lowest BCUT2D eigenvalue weighted by Gasteiger charge is -2.01. The van der Waals surface area contributed by atoms with E-state index in [2.05, 4.69) is 10.3 Å². The minimum atomic E-state index is 0. The molecule has 0 saturated heterocycles. The summed E-state index contributed by atoms with van der Waals surface area (Å²) in [6.45, 7) is 0. The molecule has 2 aliphatic rings. The zero-order valence-electron chi connectivity index (χ0n) is 7.29. The Bertz CT molecular complexity index is 189. The van der Waals surface area contributed by atoms with Crippen LogP contribution in [-0.4, -0.2) is 19.0 Å². The maximum atomic E-state index is 5.54. The maximum Gasteiger partial charge on any atom is 0.188 e. The second-order valence-corrected chi connectivity index (χ2v) is 3.60. The molecule has 2 unspecified atom stereocenters. The van der Waals surface area contributed by atoms with Gasteiger partial charge in [-0.15, -0.1) is 24.0 Å². The fourth-order valence-electron chi connectivity index (χ4n) is 1.68. The van der Waals surface area contributed by atoms with Gasteiger partial charge < -0.3 is 11.1 Å². The summed E-state index contributed by atoms with van der Waals surface area (Å²) in [5.41, 5.74) is 5.54. The van der Waals surface area contributed by atoms with Crippen LogP contribution in [0.15, 0.2) is 4.99 Å². The lowest BCUT2D eigenvalue weighted by atomic mass is 10.3. The van der Waals surface area contributed by atoms with Crippen molar-refractivity contribution in [2.24, 2.45) is 22.6 Å². The van der Waals surface area contributed by atoms with Crippen LogP contribution in [0.5, 0.6) is 0 Å². The fourth-order valence-corrected chi connectivity index (χ4v) is 1.68. The maximum absolute atomic E-state index is 5.54. The smallest absolute Gasteiger partial charge is 0.188 e. The van der Waals surface area contributed by atoms with Gasteiger partial charge in [-0.2, -0.15) is 0 Å². The number of nitrogens with zero attached hydrogens (tertiary/aromatic N) is 1. The minimum Gasteiger partial charge on any atom is -0.370 e. The molecule has 0 amide bonds. The van der Waals surface area contributed by atoms with Gasteiger partial charge in [-0.25, -0.2) is 0 Å². The second-order valence-electron chi connectivity index (χ2n) is 3.60. The molecule has 2 aliphatic carbocycles. The van der Waals surface area contributed by atoms with Gasteiger partial charge in [0, 0.05) is 13.1 Å². The Labute approximate surface area is 90.2 Å². The highest BCUT2D eigenvalue weighted by atomic mass is 127. The molecule has 0 bridgehead atoms. The highest BCUT2D eigenvalue weighted by molar-refractivity contribution is 14.0. The molecule has 0 radical (unpaired) electrons. The molecule has 3 nitrogen and oxygen atoms in total. The molecule has 4 heteroatoms. The van der Waals surface area contributed by atoms with Gasteiger partial charge in [-0.3, -0.25) is 4.99 Å². The molecule has 2 fully saturated rings. The topological polar surface area (TPSA) is 50.4 Å². The SMILES string of the molecule is CN=C(N)NC1CC1C1CC1.I. The Kier molecular flexibility index (Phi) is 3.20. The van der Waals surface area contributed by atoms with Gasteiger partial charge in [0.1, 0.15) is 0 Å². The number of hydrogen-bond acceptors (Lipinski definition) is 1. The number of nitrogens with two attached hydrogens (primary N) is 1. The number of hydrogen-bond donors (Lipinski definition) is 2. The van der Waals surface area contributed by atoms with Crippen LogP contribution in [0.3, 0.4) is 0 Å². The zero-order chi connectivity index (χ0) is 7.84. The van der Waals surface area contributed by atoms with Crippen molar-refractivity contribution in [2.45, 2.75) is 25.3 Å². The van der Waals surface area contributed by atoms with E-state index in [1.807, 2.05) is 0 Å². The predicted molar refractivity (Wildman–Crippen MR) is 60.7 cm³/mol. The average Bonchev–Trinajstić information content (AvgIpc) is 2.79. The molecule has 0 spiro atoms. The summed E-state index contributed by atoms with van der Waals surface area (Å²) in [7, 11) is 1.72. The van der Waals surface area contributed by atoms with Crippen LogP contribution in [0, 0.1) is 11.8 Å². The molecule has 3 N–H and O–H groups in total. The fraction of sp³-hybridized carbons (Fsp3) is 0.875. The molecule has 2 atom stereocenters. The molecule has 2 saturated carbocycles. The quantitative estimate of drug-likeness (QED) is 0.449. The summed E-state index contributed by atoms with van der Waals surface area (Å²) in [6.07, 6.45) is 4.18. The van der Waals surface area contributed by atoms with Gasteiger partial charge in [-0.05, 0) is 31.1 Å². The number of rotatable bonds is 2. The van der Waals surface area contributed by atoms with E-state index >= 15 is 0 Å². The van der Waals surface area contributed by atoms with Gasteiger partial charge >= 0.3 is 0 Å². The van der Waals surface area contributed by atoms with Crippen LogP contribution in [0.2, 0.25) is 0 Å². The first-order valence-electron chi connectivity index (χ1n) is 4.30. The summed E-state index contributed by atoms with van der Waals surface area (Å²) in [5, 5.41) is 3.20. The lowest BCUT2D eigenvalue weighted by Crippen LogP contribution is -2.34. The normalized spacial score (nSPS) is 33.9. The van der Waals surface area contributed by atoms with E-state index in [1.165, 1.54) is 19.3 Å². The molecule has 70 valence electrons. The van der Waals surface area contributed by atoms with Crippen molar-refractivity contribution in [1.82, 2.24) is 5.32 Å². The molecule has 0 aromatic rings. The van der Waals surface area contributed by atoms with Gasteiger partial charge in [-0.1, -0.05) is 0 Å². The number of aliphatic imine (C=N–C) groups is 1. The van der Waals surface area contributed by atoms with Crippen LogP contribution in [0.4, 0.5) is 0 Å². The second kappa shape index (κ2) is 3.81. The predicted octanol–water partition coefficient (Wildman–Crippen LogP) is 0.937. The highest BCUT2D eigenvalue weighted by Gasteiger charge is 2.47. The number of nitrogens with one attached hydrogen (secondary N) is 1. The van der Waals surface area contributed by atoms with Crippen molar-refractivity contribution in [2.75, 3.05) is 7.05 Å². The summed E-state index contributed by atoms with van der Waals surface area (Å²) in [6, 6.07) is 0.645. The molecule has 0 aliphatic heterocycles. The van der Waals surface area contributed by atoms with Crippen molar-refractivity contribution in [1.29, 1.82) is 0 Å². The van der Waals surface area contributed by atoms with E-state index in [9.17, 15) is 0 Å². The van der Waals surface area contributed by atoms with Gasteiger partial charge in [0.25, 0.3) is 0 Å². The van der Waals surface area contributed by atoms with Crippen LogP contribution in [0.25, 0.3) is 0 Å². The third-order valence-electron chi connectivity index (χ3n) is 2.64. The average molecular weight is 281 g/mol. The van der Waals surface area contributed by atoms with Crippen LogP contribution in [-0.2, 0) is 0 Å². The van der Waals surface area contributed by atoms with Gasteiger partial charge in [0.15, 0.2) is 5.96 Å². The molecule has 12 heavy (non-hydrogen) atoms. The van der Waals surface area contributed by atoms with Crippen LogP contribution >= 0.6 is 24.0 Å². The summed E-state index contributed by atoms with van der Waals surface area (Å²) in [4.78, 5) is 3.87. The zero-order valence-corrected chi connectivity index (χ0v) is 9.62. The van der Waals surface area contributed by atoms with E-state index in [4.69, 9.17) is 5.73 Å². The lowest BCUT2D eigenvalue weighted by molar-refractivity contribution is 0.660. The molecular formula is C8H16IN3. The highest BCUT2D eigenvalue weighted by Crippen LogP contribution is 2.49. The Morgan fingerprint density at radius 2 is 2.17 bits per heavy atom. The van der Waals surface area contributed by atoms with Crippen molar-refractivity contribution in [3.8, 4) is 0 Å². The largest absolute Gasteiger partial charge is 0.370 e. The van der Waals surface area contributed by atoms with Crippen molar-refractivity contribution >= 4 is 29.9 Å². The van der Waals surface area contributed by atoms with Gasteiger partial charge in [0.05, 0.1) is 0 Å². The Hall–Kier alpha value is 0. The number of halogens is 1. The van der Waals surface area contributed by atoms with Crippen molar-refractivity contribution in [3.63, 3.8) is 0 Å². The first-order valence-corrected chi connectivity index (χ1v) is 4.30. The van der Waals surface area contributed by atoms with Crippen molar-refractivity contribution in [3.05, 3.63) is 0 Å². The third kappa shape index (κ3) is 2.24. The van der Waals surface area contributed by atoms with Gasteiger partial charge in [0.2, 0.25) is 0 Å². The van der Waals surface area contributed by atoms with E-state index in [1.54, 1.807) is 7.05 Å². The van der Waals surface area contributed by atoms with Crippen LogP contribution < -0.4 is 11.1 Å². The van der Waals surface area contributed by atoms with E-state index in [0.717, 1.165) is 11.8 Å². The Morgan fingerprint density at radius 3 is 2.67 bits per heavy atom. The molecule has 0 aromatic carbocycles. The van der Waals surface area contributed by atoms with E-state index in [-0.39, 0.29) is 24.0 Å². The molecule has 0 heterocycles. The molecule has 0 aromatic heterocycles. The summed E-state index contributed by atoms with van der Waals surface area (Å²) >= 11 is 0. The standard InChI is InChI=1S/C8H15N3.HI/c1-10-8(9)11-7-4-6(7)5-2-3-5;/h5-7H,2-4H2,1H3,(H3,9,10,11);1H. The van der Waals surface area contributed by atoms with Crippen LogP contribution in [0.1, 0.15) is 19.3 Å². The monoisotopic (exact) mass is 281 g/mol. The first-order chi connectivity index (χ1) is 5.31. The Balaban J connectivity index is 0.000000720. The molecular weight excluding hydrogens is 265 g/mol. The number of guanidine groups is 1. The van der Waals surface area contributed by atoms with E-state index < -0.39 is 0 Å². The minimum absolute atomic E-state index is 0.